The van der Waals surface area contributed by atoms with Gasteiger partial charge in [0.2, 0.25) is 0 Å². The quantitative estimate of drug-likeness (QED) is 0.319. The Labute approximate surface area is 195 Å². The molecule has 0 amide bonds. The minimum atomic E-state index is 0.202. The topological polar surface area (TPSA) is 0 Å². The van der Waals surface area contributed by atoms with Crippen molar-refractivity contribution in [3.05, 3.63) is 117 Å². The van der Waals surface area contributed by atoms with Crippen molar-refractivity contribution in [3.63, 3.8) is 0 Å². The number of rotatable bonds is 7. The molecule has 2 unspecified atom stereocenters. The van der Waals surface area contributed by atoms with Crippen LogP contribution in [0.25, 0.3) is 12.2 Å². The Morgan fingerprint density at radius 1 is 0.613 bits per heavy atom. The average Bonchev–Trinajstić information content (AvgIpc) is 3.30. The molecule has 0 nitrogen and oxygen atoms in total. The highest BCUT2D eigenvalue weighted by Crippen LogP contribution is 2.54. The molecule has 0 bridgehead atoms. The molecule has 0 saturated carbocycles. The van der Waals surface area contributed by atoms with Crippen LogP contribution in [-0.2, 0) is 6.42 Å². The zero-order valence-electron chi connectivity index (χ0n) is 17.5. The van der Waals surface area contributed by atoms with Gasteiger partial charge in [0.05, 0.1) is 0 Å². The molecule has 3 aromatic carbocycles. The van der Waals surface area contributed by atoms with Gasteiger partial charge in [-0.3, -0.25) is 0 Å². The third kappa shape index (κ3) is 4.12. The molecular formula is C29H26Cl2. The molecule has 2 heteroatoms. The summed E-state index contributed by atoms with van der Waals surface area (Å²) < 4.78 is 0. The van der Waals surface area contributed by atoms with Crippen molar-refractivity contribution in [2.75, 3.05) is 0 Å². The van der Waals surface area contributed by atoms with Crippen LogP contribution >= 0.6 is 23.2 Å². The fraction of sp³-hybridized carbons (Fsp3) is 0.241. The number of aryl methyl sites for hydroxylation is 1. The van der Waals surface area contributed by atoms with Crippen molar-refractivity contribution in [2.24, 2.45) is 5.92 Å². The number of hydrogen-bond donors (Lipinski definition) is 0. The van der Waals surface area contributed by atoms with E-state index in [1.165, 1.54) is 34.2 Å². The normalized spacial score (nSPS) is 20.1. The number of unbranched alkanes of at least 4 members (excludes halogenated alkanes) is 1. The van der Waals surface area contributed by atoms with Gasteiger partial charge in [-0.05, 0) is 65.1 Å². The first kappa shape index (κ1) is 20.6. The first-order valence-electron chi connectivity index (χ1n) is 11.2. The van der Waals surface area contributed by atoms with E-state index in [2.05, 4.69) is 91.0 Å². The molecule has 0 aromatic heterocycles. The summed E-state index contributed by atoms with van der Waals surface area (Å²) in [5.41, 5.74) is 6.59. The van der Waals surface area contributed by atoms with Gasteiger partial charge in [0, 0.05) is 21.9 Å². The van der Waals surface area contributed by atoms with Gasteiger partial charge < -0.3 is 0 Å². The summed E-state index contributed by atoms with van der Waals surface area (Å²) in [6.45, 7) is 0. The Balaban J connectivity index is 1.43. The summed E-state index contributed by atoms with van der Waals surface area (Å²) in [6.07, 6.45) is 8.84. The van der Waals surface area contributed by atoms with E-state index in [1.54, 1.807) is 0 Å². The van der Waals surface area contributed by atoms with Gasteiger partial charge in [-0.2, -0.15) is 0 Å². The molecule has 5 rings (SSSR count). The van der Waals surface area contributed by atoms with Crippen LogP contribution in [0, 0.1) is 5.92 Å². The lowest BCUT2D eigenvalue weighted by atomic mass is 9.74. The van der Waals surface area contributed by atoms with Crippen LogP contribution in [0.3, 0.4) is 0 Å². The van der Waals surface area contributed by atoms with Crippen molar-refractivity contribution >= 4 is 35.4 Å². The second-order valence-corrected chi connectivity index (χ2v) is 9.54. The standard InChI is InChI=1S/C29H26Cl2/c30-26-18-21-13-5-8-15-23(21)28(26)25(17-7-4-12-20-10-2-1-3-11-20)29-24-16-9-6-14-22(24)19-27(29)31/h1-3,5-6,8-11,13-16,18-19,25,28-29H,4,7,12,17H2. The molecule has 2 aliphatic carbocycles. The summed E-state index contributed by atoms with van der Waals surface area (Å²) in [6, 6.07) is 28.0. The van der Waals surface area contributed by atoms with Crippen LogP contribution in [0.4, 0.5) is 0 Å². The fourth-order valence-corrected chi connectivity index (χ4v) is 6.17. The van der Waals surface area contributed by atoms with Gasteiger partial charge in [0.15, 0.2) is 0 Å². The molecular weight excluding hydrogens is 419 g/mol. The number of allylic oxidation sites excluding steroid dienone is 2. The maximum atomic E-state index is 6.90. The Morgan fingerprint density at radius 3 is 1.71 bits per heavy atom. The van der Waals surface area contributed by atoms with E-state index in [1.807, 2.05) is 0 Å². The van der Waals surface area contributed by atoms with Crippen molar-refractivity contribution in [1.82, 2.24) is 0 Å². The Morgan fingerprint density at radius 2 is 1.13 bits per heavy atom. The second kappa shape index (κ2) is 9.07. The summed E-state index contributed by atoms with van der Waals surface area (Å²) >= 11 is 13.8. The zero-order chi connectivity index (χ0) is 21.2. The minimum Gasteiger partial charge on any atom is -0.0884 e. The van der Waals surface area contributed by atoms with Crippen molar-refractivity contribution in [1.29, 1.82) is 0 Å². The molecule has 31 heavy (non-hydrogen) atoms. The summed E-state index contributed by atoms with van der Waals surface area (Å²) in [4.78, 5) is 0. The highest BCUT2D eigenvalue weighted by atomic mass is 35.5. The number of benzene rings is 3. The average molecular weight is 445 g/mol. The number of fused-ring (bicyclic) bond motifs is 2. The smallest absolute Gasteiger partial charge is 0.0265 e. The van der Waals surface area contributed by atoms with Crippen LogP contribution in [0.15, 0.2) is 88.9 Å². The molecule has 0 saturated heterocycles. The Kier molecular flexibility index (Phi) is 6.03. The number of halogens is 2. The van der Waals surface area contributed by atoms with Crippen molar-refractivity contribution < 1.29 is 0 Å². The molecule has 0 N–H and O–H groups in total. The predicted octanol–water partition coefficient (Wildman–Crippen LogP) is 8.77. The maximum absolute atomic E-state index is 6.90. The molecule has 0 heterocycles. The van der Waals surface area contributed by atoms with E-state index < -0.39 is 0 Å². The van der Waals surface area contributed by atoms with E-state index in [9.17, 15) is 0 Å². The Hall–Kier alpha value is -2.28. The lowest BCUT2D eigenvalue weighted by molar-refractivity contribution is 0.385. The first-order chi connectivity index (χ1) is 15.2. The molecule has 3 aromatic rings. The summed E-state index contributed by atoms with van der Waals surface area (Å²) in [5.74, 6) is 0.747. The largest absolute Gasteiger partial charge is 0.0884 e. The van der Waals surface area contributed by atoms with Gasteiger partial charge in [0.25, 0.3) is 0 Å². The number of hydrogen-bond acceptors (Lipinski definition) is 0. The molecule has 0 fully saturated rings. The molecule has 2 atom stereocenters. The van der Waals surface area contributed by atoms with Gasteiger partial charge in [0.1, 0.15) is 0 Å². The van der Waals surface area contributed by atoms with Crippen LogP contribution in [0.1, 0.15) is 58.9 Å². The van der Waals surface area contributed by atoms with Gasteiger partial charge in [-0.1, -0.05) is 108 Å². The zero-order valence-corrected chi connectivity index (χ0v) is 19.0. The first-order valence-corrected chi connectivity index (χ1v) is 11.9. The lowest BCUT2D eigenvalue weighted by Crippen LogP contribution is -2.20. The van der Waals surface area contributed by atoms with Crippen LogP contribution in [0.5, 0.6) is 0 Å². The molecule has 2 aliphatic rings. The molecule has 0 aliphatic heterocycles. The third-order valence-electron chi connectivity index (χ3n) is 6.80. The highest BCUT2D eigenvalue weighted by Gasteiger charge is 2.40. The highest BCUT2D eigenvalue weighted by molar-refractivity contribution is 6.34. The van der Waals surface area contributed by atoms with Crippen LogP contribution in [0.2, 0.25) is 0 Å². The van der Waals surface area contributed by atoms with E-state index >= 15 is 0 Å². The van der Waals surface area contributed by atoms with Crippen LogP contribution in [-0.4, -0.2) is 0 Å². The minimum absolute atomic E-state index is 0.202. The molecule has 156 valence electrons. The maximum Gasteiger partial charge on any atom is 0.0265 e. The van der Waals surface area contributed by atoms with Crippen LogP contribution < -0.4 is 0 Å². The van der Waals surface area contributed by atoms with Crippen molar-refractivity contribution in [2.45, 2.75) is 37.5 Å². The Bertz CT molecular complexity index is 1060. The second-order valence-electron chi connectivity index (χ2n) is 8.67. The van der Waals surface area contributed by atoms with Gasteiger partial charge >= 0.3 is 0 Å². The van der Waals surface area contributed by atoms with E-state index in [0.29, 0.717) is 5.92 Å². The van der Waals surface area contributed by atoms with E-state index in [0.717, 1.165) is 29.3 Å². The summed E-state index contributed by atoms with van der Waals surface area (Å²) in [5, 5.41) is 1.89. The van der Waals surface area contributed by atoms with E-state index in [-0.39, 0.29) is 11.8 Å². The van der Waals surface area contributed by atoms with Gasteiger partial charge in [-0.25, -0.2) is 0 Å². The van der Waals surface area contributed by atoms with Gasteiger partial charge in [-0.15, -0.1) is 0 Å². The SMILES string of the molecule is ClC1=Cc2ccccc2C1C(CCCCc1ccccc1)C1C(Cl)=Cc2ccccc21. The van der Waals surface area contributed by atoms with Crippen molar-refractivity contribution in [3.8, 4) is 0 Å². The van der Waals surface area contributed by atoms with E-state index in [4.69, 9.17) is 23.2 Å². The fourth-order valence-electron chi connectivity index (χ4n) is 5.37. The summed E-state index contributed by atoms with van der Waals surface area (Å²) in [7, 11) is 0. The monoisotopic (exact) mass is 444 g/mol. The predicted molar refractivity (Wildman–Crippen MR) is 134 cm³/mol. The third-order valence-corrected chi connectivity index (χ3v) is 7.48. The molecule has 0 radical (unpaired) electrons. The lowest BCUT2D eigenvalue weighted by Gasteiger charge is -2.32. The molecule has 0 spiro atoms.